The number of aromatic nitrogens is 2. The number of hydrogen-bond acceptors (Lipinski definition) is 5. The summed E-state index contributed by atoms with van der Waals surface area (Å²) in [5, 5.41) is 13.3. The molecule has 1 aromatic heterocycles. The van der Waals surface area contributed by atoms with Gasteiger partial charge in [-0.15, -0.1) is 0 Å². The SMILES string of the molecule is N=C(N)c1nc(-c2ccccc2C(F)(F)F)nc2c1NCN2. The molecule has 0 radical (unpaired) electrons. The van der Waals surface area contributed by atoms with Gasteiger partial charge in [0.25, 0.3) is 0 Å². The molecule has 1 aliphatic heterocycles. The summed E-state index contributed by atoms with van der Waals surface area (Å²) in [5.74, 6) is -0.152. The van der Waals surface area contributed by atoms with Gasteiger partial charge in [-0.25, -0.2) is 9.97 Å². The molecule has 1 aromatic carbocycles. The van der Waals surface area contributed by atoms with Crippen LogP contribution in [-0.2, 0) is 6.18 Å². The molecular weight excluding hydrogens is 297 g/mol. The Balaban J connectivity index is 2.23. The van der Waals surface area contributed by atoms with Gasteiger partial charge in [0.15, 0.2) is 11.6 Å². The smallest absolute Gasteiger partial charge is 0.382 e. The first-order valence-corrected chi connectivity index (χ1v) is 6.28. The normalized spacial score (nSPS) is 13.2. The fourth-order valence-electron chi connectivity index (χ4n) is 2.21. The number of alkyl halides is 3. The zero-order valence-corrected chi connectivity index (χ0v) is 11.1. The predicted octanol–water partition coefficient (Wildman–Crippen LogP) is 2.24. The number of nitrogens with one attached hydrogen (secondary N) is 3. The molecular formula is C13H11F3N6. The summed E-state index contributed by atoms with van der Waals surface area (Å²) >= 11 is 0. The molecule has 22 heavy (non-hydrogen) atoms. The van der Waals surface area contributed by atoms with Gasteiger partial charge in [-0.1, -0.05) is 18.2 Å². The average molecular weight is 308 g/mol. The van der Waals surface area contributed by atoms with E-state index in [4.69, 9.17) is 11.1 Å². The van der Waals surface area contributed by atoms with Crippen molar-refractivity contribution in [1.82, 2.24) is 9.97 Å². The molecule has 9 heteroatoms. The van der Waals surface area contributed by atoms with Crippen LogP contribution in [0.15, 0.2) is 24.3 Å². The van der Waals surface area contributed by atoms with Gasteiger partial charge in [0.2, 0.25) is 0 Å². The number of rotatable bonds is 2. The highest BCUT2D eigenvalue weighted by atomic mass is 19.4. The van der Waals surface area contributed by atoms with E-state index in [-0.39, 0.29) is 22.9 Å². The first-order chi connectivity index (χ1) is 10.4. The Bertz CT molecular complexity index is 756. The van der Waals surface area contributed by atoms with Crippen LogP contribution in [0.4, 0.5) is 24.7 Å². The molecule has 0 fully saturated rings. The highest BCUT2D eigenvalue weighted by molar-refractivity contribution is 6.01. The molecule has 0 bridgehead atoms. The molecule has 0 saturated heterocycles. The van der Waals surface area contributed by atoms with Crippen LogP contribution in [-0.4, -0.2) is 22.5 Å². The first kappa shape index (κ1) is 14.1. The number of nitrogen functional groups attached to an aromatic ring is 1. The molecule has 0 amide bonds. The summed E-state index contributed by atoms with van der Waals surface area (Å²) in [4.78, 5) is 8.13. The Morgan fingerprint density at radius 3 is 2.59 bits per heavy atom. The van der Waals surface area contributed by atoms with Crippen LogP contribution in [0.1, 0.15) is 11.3 Å². The minimum absolute atomic E-state index is 0.0713. The Morgan fingerprint density at radius 2 is 1.91 bits per heavy atom. The van der Waals surface area contributed by atoms with Crippen LogP contribution in [0, 0.1) is 5.41 Å². The van der Waals surface area contributed by atoms with E-state index in [1.807, 2.05) is 0 Å². The van der Waals surface area contributed by atoms with Crippen molar-refractivity contribution in [3.8, 4) is 11.4 Å². The van der Waals surface area contributed by atoms with Gasteiger partial charge >= 0.3 is 6.18 Å². The van der Waals surface area contributed by atoms with Gasteiger partial charge in [0.1, 0.15) is 17.2 Å². The van der Waals surface area contributed by atoms with Crippen molar-refractivity contribution in [2.75, 3.05) is 17.3 Å². The second-order valence-corrected chi connectivity index (χ2v) is 4.61. The zero-order chi connectivity index (χ0) is 15.9. The summed E-state index contributed by atoms with van der Waals surface area (Å²) in [6.07, 6.45) is -4.53. The number of nitrogens with two attached hydrogens (primary N) is 1. The fraction of sp³-hybridized carbons (Fsp3) is 0.154. The topological polar surface area (TPSA) is 99.7 Å². The monoisotopic (exact) mass is 308 g/mol. The number of amidine groups is 1. The molecule has 2 heterocycles. The van der Waals surface area contributed by atoms with Crippen LogP contribution in [0.5, 0.6) is 0 Å². The summed E-state index contributed by atoms with van der Waals surface area (Å²) in [7, 11) is 0. The third-order valence-corrected chi connectivity index (χ3v) is 3.16. The van der Waals surface area contributed by atoms with Gasteiger partial charge in [0.05, 0.1) is 12.2 Å². The first-order valence-electron chi connectivity index (χ1n) is 6.28. The number of anilines is 2. The van der Waals surface area contributed by atoms with E-state index in [9.17, 15) is 13.2 Å². The van der Waals surface area contributed by atoms with Gasteiger partial charge in [-0.2, -0.15) is 13.2 Å². The molecule has 0 aliphatic carbocycles. The largest absolute Gasteiger partial charge is 0.417 e. The van der Waals surface area contributed by atoms with Crippen molar-refractivity contribution in [2.24, 2.45) is 5.73 Å². The van der Waals surface area contributed by atoms with Crippen molar-refractivity contribution in [3.63, 3.8) is 0 Å². The molecule has 2 aromatic rings. The van der Waals surface area contributed by atoms with Gasteiger partial charge in [-0.3, -0.25) is 5.41 Å². The summed E-state index contributed by atoms with van der Waals surface area (Å²) in [6.45, 7) is 0.342. The van der Waals surface area contributed by atoms with E-state index >= 15 is 0 Å². The van der Waals surface area contributed by atoms with E-state index in [1.165, 1.54) is 18.2 Å². The molecule has 6 nitrogen and oxygen atoms in total. The maximum atomic E-state index is 13.1. The van der Waals surface area contributed by atoms with Gasteiger partial charge in [0, 0.05) is 5.56 Å². The second kappa shape index (κ2) is 4.86. The Morgan fingerprint density at radius 1 is 1.18 bits per heavy atom. The van der Waals surface area contributed by atoms with Crippen LogP contribution in [0.25, 0.3) is 11.4 Å². The van der Waals surface area contributed by atoms with Gasteiger partial charge in [-0.05, 0) is 6.07 Å². The number of benzene rings is 1. The fourth-order valence-corrected chi connectivity index (χ4v) is 2.21. The van der Waals surface area contributed by atoms with E-state index in [2.05, 4.69) is 20.6 Å². The minimum Gasteiger partial charge on any atom is -0.382 e. The Hall–Kier alpha value is -2.84. The lowest BCUT2D eigenvalue weighted by Gasteiger charge is -2.13. The van der Waals surface area contributed by atoms with Crippen molar-refractivity contribution < 1.29 is 13.2 Å². The maximum Gasteiger partial charge on any atom is 0.417 e. The molecule has 0 spiro atoms. The van der Waals surface area contributed by atoms with E-state index in [0.717, 1.165) is 6.07 Å². The predicted molar refractivity (Wildman–Crippen MR) is 75.6 cm³/mol. The average Bonchev–Trinajstić information content (AvgIpc) is 2.93. The maximum absolute atomic E-state index is 13.1. The molecule has 5 N–H and O–H groups in total. The molecule has 3 rings (SSSR count). The zero-order valence-electron chi connectivity index (χ0n) is 11.1. The van der Waals surface area contributed by atoms with Crippen molar-refractivity contribution in [1.29, 1.82) is 5.41 Å². The highest BCUT2D eigenvalue weighted by Crippen LogP contribution is 2.37. The summed E-state index contributed by atoms with van der Waals surface area (Å²) < 4.78 is 39.4. The number of fused-ring (bicyclic) bond motifs is 1. The summed E-state index contributed by atoms with van der Waals surface area (Å²) in [6, 6.07) is 5.02. The highest BCUT2D eigenvalue weighted by Gasteiger charge is 2.34. The van der Waals surface area contributed by atoms with E-state index < -0.39 is 11.7 Å². The number of nitrogens with zero attached hydrogens (tertiary/aromatic N) is 2. The third-order valence-electron chi connectivity index (χ3n) is 3.16. The quantitative estimate of drug-likeness (QED) is 0.503. The Labute approximate surface area is 123 Å². The second-order valence-electron chi connectivity index (χ2n) is 4.61. The van der Waals surface area contributed by atoms with Gasteiger partial charge < -0.3 is 16.4 Å². The molecule has 1 aliphatic rings. The summed E-state index contributed by atoms with van der Waals surface area (Å²) in [5.41, 5.74) is 4.95. The van der Waals surface area contributed by atoms with Crippen LogP contribution < -0.4 is 16.4 Å². The van der Waals surface area contributed by atoms with Crippen LogP contribution in [0.2, 0.25) is 0 Å². The van der Waals surface area contributed by atoms with E-state index in [0.29, 0.717) is 18.2 Å². The van der Waals surface area contributed by atoms with Crippen molar-refractivity contribution in [2.45, 2.75) is 6.18 Å². The lowest BCUT2D eigenvalue weighted by molar-refractivity contribution is -0.137. The standard InChI is InChI=1S/C13H11F3N6/c14-13(15,16)7-4-2-1-3-6(7)11-21-8(10(17)18)9-12(22-11)20-5-19-9/h1-4,19H,5H2,(H3,17,18)(H,20,21,22). The molecule has 0 saturated carbocycles. The third kappa shape index (κ3) is 2.30. The lowest BCUT2D eigenvalue weighted by Crippen LogP contribution is -2.16. The van der Waals surface area contributed by atoms with Crippen LogP contribution >= 0.6 is 0 Å². The lowest BCUT2D eigenvalue weighted by atomic mass is 10.1. The number of halogens is 3. The van der Waals surface area contributed by atoms with Crippen molar-refractivity contribution in [3.05, 3.63) is 35.5 Å². The number of hydrogen-bond donors (Lipinski definition) is 4. The molecule has 114 valence electrons. The van der Waals surface area contributed by atoms with E-state index in [1.54, 1.807) is 0 Å². The minimum atomic E-state index is -4.53. The van der Waals surface area contributed by atoms with Crippen LogP contribution in [0.3, 0.4) is 0 Å². The Kier molecular flexibility index (Phi) is 3.12. The molecule has 0 unspecified atom stereocenters. The molecule has 0 atom stereocenters. The van der Waals surface area contributed by atoms with Crippen molar-refractivity contribution >= 4 is 17.3 Å².